The smallest absolute Gasteiger partial charge is 0.310 e. The van der Waals surface area contributed by atoms with Crippen molar-refractivity contribution in [1.29, 1.82) is 0 Å². The molecule has 2 bridgehead atoms. The van der Waals surface area contributed by atoms with Crippen molar-refractivity contribution in [2.24, 2.45) is 17.8 Å². The maximum Gasteiger partial charge on any atom is 0.310 e. The Morgan fingerprint density at radius 1 is 1.09 bits per heavy atom. The number of nitro benzene ring substituents is 1. The van der Waals surface area contributed by atoms with E-state index in [0.717, 1.165) is 25.3 Å². The van der Waals surface area contributed by atoms with Gasteiger partial charge in [-0.05, 0) is 31.7 Å². The number of ketones is 1. The minimum Gasteiger partial charge on any atom is -0.447 e. The molecule has 1 amide bonds. The molecule has 33 heavy (non-hydrogen) atoms. The summed E-state index contributed by atoms with van der Waals surface area (Å²) in [6, 6.07) is 12.3. The van der Waals surface area contributed by atoms with Gasteiger partial charge in [0.15, 0.2) is 0 Å². The molecule has 2 aliphatic carbocycles. The summed E-state index contributed by atoms with van der Waals surface area (Å²) in [5.74, 6) is -1.54. The van der Waals surface area contributed by atoms with Gasteiger partial charge in [0.2, 0.25) is 6.10 Å². The van der Waals surface area contributed by atoms with E-state index >= 15 is 0 Å². The number of rotatable bonds is 6. The van der Waals surface area contributed by atoms with Crippen molar-refractivity contribution >= 4 is 40.6 Å². The van der Waals surface area contributed by atoms with Crippen LogP contribution in [-0.2, 0) is 19.1 Å². The van der Waals surface area contributed by atoms with E-state index in [1.165, 1.54) is 12.1 Å². The third-order valence-electron chi connectivity index (χ3n) is 6.38. The molecule has 2 aliphatic rings. The minimum absolute atomic E-state index is 0.00527. The number of carbonyl (C=O) groups is 3. The van der Waals surface area contributed by atoms with Gasteiger partial charge >= 0.3 is 5.97 Å². The zero-order valence-electron chi connectivity index (χ0n) is 17.7. The molecule has 2 aromatic rings. The number of nitrogens with zero attached hydrogens (tertiary/aromatic N) is 1. The molecule has 2 fully saturated rings. The van der Waals surface area contributed by atoms with Crippen molar-refractivity contribution in [3.63, 3.8) is 0 Å². The number of amides is 1. The Balaban J connectivity index is 1.52. The number of Topliss-reactive ketones (excluding diaryl/α,β-unsaturated/α-hetero) is 1. The predicted octanol–water partition coefficient (Wildman–Crippen LogP) is 4.87. The van der Waals surface area contributed by atoms with Crippen molar-refractivity contribution in [2.45, 2.75) is 38.2 Å². The lowest BCUT2D eigenvalue weighted by Crippen LogP contribution is -2.40. The van der Waals surface area contributed by atoms with Crippen molar-refractivity contribution in [1.82, 2.24) is 0 Å². The largest absolute Gasteiger partial charge is 0.447 e. The highest BCUT2D eigenvalue weighted by atomic mass is 35.5. The second-order valence-corrected chi connectivity index (χ2v) is 8.94. The van der Waals surface area contributed by atoms with Crippen LogP contribution in [0.5, 0.6) is 0 Å². The fraction of sp³-hybridized carbons (Fsp3) is 0.375. The summed E-state index contributed by atoms with van der Waals surface area (Å²) >= 11 is 6.11. The number of hydrogen-bond acceptors (Lipinski definition) is 6. The third kappa shape index (κ3) is 5.06. The van der Waals surface area contributed by atoms with Crippen LogP contribution in [0.15, 0.2) is 48.5 Å². The van der Waals surface area contributed by atoms with E-state index in [-0.39, 0.29) is 34.0 Å². The van der Waals surface area contributed by atoms with Gasteiger partial charge in [-0.3, -0.25) is 24.5 Å². The van der Waals surface area contributed by atoms with Crippen LogP contribution in [0.1, 0.15) is 43.8 Å². The molecule has 2 saturated carbocycles. The molecular weight excluding hydrogens is 448 g/mol. The summed E-state index contributed by atoms with van der Waals surface area (Å²) in [4.78, 5) is 48.9. The Kier molecular flexibility index (Phi) is 6.74. The number of hydrogen-bond donors (Lipinski definition) is 1. The normalized spacial score (nSPS) is 22.8. The molecule has 0 aromatic heterocycles. The van der Waals surface area contributed by atoms with Gasteiger partial charge in [0.1, 0.15) is 5.78 Å². The van der Waals surface area contributed by atoms with Crippen molar-refractivity contribution < 1.29 is 24.0 Å². The highest BCUT2D eigenvalue weighted by molar-refractivity contribution is 6.34. The number of carbonyl (C=O) groups excluding carboxylic acids is 3. The maximum atomic E-state index is 13.1. The molecule has 0 radical (unpaired) electrons. The van der Waals surface area contributed by atoms with Gasteiger partial charge in [0.25, 0.3) is 11.6 Å². The molecule has 3 atom stereocenters. The summed E-state index contributed by atoms with van der Waals surface area (Å²) in [7, 11) is 0. The summed E-state index contributed by atoms with van der Waals surface area (Å²) in [6.07, 6.45) is 2.24. The Hall–Kier alpha value is -3.26. The first-order chi connectivity index (χ1) is 15.8. The van der Waals surface area contributed by atoms with Crippen LogP contribution in [0.2, 0.25) is 5.02 Å². The standard InChI is InChI=1S/C24H23ClN2O6/c25-19-13-18(27(31)32)9-10-20(19)26-23(29)22(14-5-2-1-3-6-14)33-24(30)17-11-15-7-4-8-16(12-17)21(15)28/h1-3,5-6,9-10,13,15-17,22H,4,7-8,11-12H2,(H,26,29)/t15-,16-,22+/m0/s1. The fourth-order valence-electron chi connectivity index (χ4n) is 4.70. The molecule has 8 nitrogen and oxygen atoms in total. The molecule has 0 spiro atoms. The van der Waals surface area contributed by atoms with Crippen LogP contribution in [0.25, 0.3) is 0 Å². The van der Waals surface area contributed by atoms with E-state index in [4.69, 9.17) is 16.3 Å². The molecule has 0 aliphatic heterocycles. The van der Waals surface area contributed by atoms with Crippen LogP contribution in [0.4, 0.5) is 11.4 Å². The minimum atomic E-state index is -1.23. The van der Waals surface area contributed by atoms with Crippen molar-refractivity contribution in [2.75, 3.05) is 5.32 Å². The molecule has 0 heterocycles. The van der Waals surface area contributed by atoms with Gasteiger partial charge in [-0.25, -0.2) is 0 Å². The highest BCUT2D eigenvalue weighted by Gasteiger charge is 2.42. The average molecular weight is 471 g/mol. The fourth-order valence-corrected chi connectivity index (χ4v) is 4.92. The van der Waals surface area contributed by atoms with Gasteiger partial charge in [-0.15, -0.1) is 0 Å². The topological polar surface area (TPSA) is 116 Å². The van der Waals surface area contributed by atoms with Crippen LogP contribution in [-0.4, -0.2) is 22.6 Å². The van der Waals surface area contributed by atoms with Gasteiger partial charge in [-0.1, -0.05) is 48.4 Å². The molecule has 4 rings (SSSR count). The number of ether oxygens (including phenoxy) is 1. The lowest BCUT2D eigenvalue weighted by atomic mass is 9.67. The molecule has 0 unspecified atom stereocenters. The van der Waals surface area contributed by atoms with Crippen LogP contribution in [0, 0.1) is 27.9 Å². The summed E-state index contributed by atoms with van der Waals surface area (Å²) in [6.45, 7) is 0. The lowest BCUT2D eigenvalue weighted by Gasteiger charge is -2.36. The van der Waals surface area contributed by atoms with Crippen molar-refractivity contribution in [3.8, 4) is 0 Å². The van der Waals surface area contributed by atoms with Crippen LogP contribution < -0.4 is 5.32 Å². The first-order valence-electron chi connectivity index (χ1n) is 10.9. The number of nitrogens with one attached hydrogen (secondary N) is 1. The van der Waals surface area contributed by atoms with Gasteiger partial charge in [0, 0.05) is 29.5 Å². The quantitative estimate of drug-likeness (QED) is 0.366. The number of esters is 1. The van der Waals surface area contributed by atoms with E-state index in [1.807, 2.05) is 0 Å². The van der Waals surface area contributed by atoms with Gasteiger partial charge in [0.05, 0.1) is 21.6 Å². The Morgan fingerprint density at radius 2 is 1.76 bits per heavy atom. The second kappa shape index (κ2) is 9.70. The van der Waals surface area contributed by atoms with Gasteiger partial charge in [-0.2, -0.15) is 0 Å². The molecule has 9 heteroatoms. The average Bonchev–Trinajstić information content (AvgIpc) is 2.78. The Bertz CT molecular complexity index is 1070. The summed E-state index contributed by atoms with van der Waals surface area (Å²) in [5.41, 5.74) is 0.442. The monoisotopic (exact) mass is 470 g/mol. The van der Waals surface area contributed by atoms with E-state index in [2.05, 4.69) is 5.32 Å². The summed E-state index contributed by atoms with van der Waals surface area (Å²) < 4.78 is 5.70. The highest BCUT2D eigenvalue weighted by Crippen LogP contribution is 2.41. The number of non-ortho nitro benzene ring substituents is 1. The Morgan fingerprint density at radius 3 is 2.36 bits per heavy atom. The van der Waals surface area contributed by atoms with Crippen LogP contribution >= 0.6 is 11.6 Å². The first-order valence-corrected chi connectivity index (χ1v) is 11.2. The molecule has 1 N–H and O–H groups in total. The second-order valence-electron chi connectivity index (χ2n) is 8.53. The molecule has 0 saturated heterocycles. The predicted molar refractivity (Wildman–Crippen MR) is 121 cm³/mol. The summed E-state index contributed by atoms with van der Waals surface area (Å²) in [5, 5.41) is 13.5. The van der Waals surface area contributed by atoms with E-state index in [9.17, 15) is 24.5 Å². The number of anilines is 1. The number of nitro groups is 1. The van der Waals surface area contributed by atoms with Crippen molar-refractivity contribution in [3.05, 3.63) is 69.2 Å². The number of fused-ring (bicyclic) bond motifs is 2. The zero-order chi connectivity index (χ0) is 23.5. The van der Waals surface area contributed by atoms with Gasteiger partial charge < -0.3 is 10.1 Å². The Labute approximate surface area is 195 Å². The molecule has 2 aromatic carbocycles. The SMILES string of the molecule is O=C(O[C@@H](C(=O)Nc1ccc([N+](=O)[O-])cc1Cl)c1ccccc1)C1C[C@@H]2CCC[C@@H](C1)C2=O. The van der Waals surface area contributed by atoms with E-state index in [0.29, 0.717) is 18.4 Å². The maximum absolute atomic E-state index is 13.1. The lowest BCUT2D eigenvalue weighted by molar-refractivity contribution is -0.384. The number of halogens is 1. The van der Waals surface area contributed by atoms with E-state index < -0.39 is 28.8 Å². The van der Waals surface area contributed by atoms with Crippen LogP contribution in [0.3, 0.4) is 0 Å². The number of benzene rings is 2. The molecular formula is C24H23ClN2O6. The first kappa shape index (κ1) is 22.9. The zero-order valence-corrected chi connectivity index (χ0v) is 18.5. The molecule has 172 valence electrons. The third-order valence-corrected chi connectivity index (χ3v) is 6.69. The van der Waals surface area contributed by atoms with E-state index in [1.54, 1.807) is 30.3 Å².